The first-order valence-electron chi connectivity index (χ1n) is 7.02. The minimum Gasteiger partial charge on any atom is -0.497 e. The van der Waals surface area contributed by atoms with Gasteiger partial charge in [-0.1, -0.05) is 30.3 Å². The molecule has 0 spiro atoms. The molecule has 3 rings (SSSR count). The molecule has 1 heterocycles. The molecule has 3 heteroatoms. The Hall–Kier alpha value is -2.00. The highest BCUT2D eigenvalue weighted by Gasteiger charge is 2.25. The van der Waals surface area contributed by atoms with Crippen molar-refractivity contribution in [1.82, 2.24) is 0 Å². The Balaban J connectivity index is 1.90. The molecule has 1 aliphatic heterocycles. The summed E-state index contributed by atoms with van der Waals surface area (Å²) >= 11 is 0. The van der Waals surface area contributed by atoms with Crippen molar-refractivity contribution in [3.63, 3.8) is 0 Å². The number of anilines is 1. The molecule has 20 heavy (non-hydrogen) atoms. The van der Waals surface area contributed by atoms with E-state index in [4.69, 9.17) is 10.5 Å². The first kappa shape index (κ1) is 13.0. The second kappa shape index (κ2) is 5.55. The quantitative estimate of drug-likeness (QED) is 0.926. The highest BCUT2D eigenvalue weighted by molar-refractivity contribution is 5.59. The number of benzene rings is 2. The van der Waals surface area contributed by atoms with Crippen LogP contribution in [0.3, 0.4) is 0 Å². The van der Waals surface area contributed by atoms with Crippen LogP contribution in [0.25, 0.3) is 0 Å². The Morgan fingerprint density at radius 2 is 1.90 bits per heavy atom. The van der Waals surface area contributed by atoms with Crippen molar-refractivity contribution in [2.45, 2.75) is 12.5 Å². The third-order valence-electron chi connectivity index (χ3n) is 4.02. The highest BCUT2D eigenvalue weighted by Crippen LogP contribution is 2.34. The van der Waals surface area contributed by atoms with Crippen LogP contribution in [0.5, 0.6) is 5.75 Å². The normalized spacial score (nSPS) is 15.0. The molecule has 3 nitrogen and oxygen atoms in total. The molecular weight excluding hydrogens is 248 g/mol. The third-order valence-corrected chi connectivity index (χ3v) is 4.02. The molecule has 0 aliphatic carbocycles. The van der Waals surface area contributed by atoms with Gasteiger partial charge in [-0.15, -0.1) is 0 Å². The van der Waals surface area contributed by atoms with Crippen molar-refractivity contribution in [2.24, 2.45) is 5.73 Å². The smallest absolute Gasteiger partial charge is 0.118 e. The summed E-state index contributed by atoms with van der Waals surface area (Å²) in [7, 11) is 1.69. The first-order chi connectivity index (χ1) is 9.83. The van der Waals surface area contributed by atoms with Gasteiger partial charge in [0.05, 0.1) is 13.2 Å². The van der Waals surface area contributed by atoms with E-state index in [1.165, 1.54) is 16.8 Å². The van der Waals surface area contributed by atoms with E-state index >= 15 is 0 Å². The minimum atomic E-state index is 0.226. The summed E-state index contributed by atoms with van der Waals surface area (Å²) in [6, 6.07) is 17.0. The number of hydrogen-bond acceptors (Lipinski definition) is 3. The SMILES string of the molecule is COc1ccc(C(CN)N2CCc3ccccc32)cc1. The van der Waals surface area contributed by atoms with E-state index in [1.807, 2.05) is 12.1 Å². The summed E-state index contributed by atoms with van der Waals surface area (Å²) in [5.74, 6) is 0.881. The third kappa shape index (κ3) is 2.25. The fourth-order valence-electron chi connectivity index (χ4n) is 2.96. The largest absolute Gasteiger partial charge is 0.497 e. The summed E-state index contributed by atoms with van der Waals surface area (Å²) in [6.45, 7) is 1.65. The van der Waals surface area contributed by atoms with E-state index in [0.29, 0.717) is 6.54 Å². The van der Waals surface area contributed by atoms with E-state index in [9.17, 15) is 0 Å². The number of methoxy groups -OCH3 is 1. The van der Waals surface area contributed by atoms with Gasteiger partial charge in [-0.25, -0.2) is 0 Å². The van der Waals surface area contributed by atoms with Gasteiger partial charge >= 0.3 is 0 Å². The molecular formula is C17H20N2O. The number of nitrogens with two attached hydrogens (primary N) is 1. The molecule has 2 aromatic carbocycles. The lowest BCUT2D eigenvalue weighted by Crippen LogP contribution is -2.32. The molecule has 2 aromatic rings. The van der Waals surface area contributed by atoms with Gasteiger partial charge in [-0.3, -0.25) is 0 Å². The van der Waals surface area contributed by atoms with Gasteiger partial charge in [0.15, 0.2) is 0 Å². The van der Waals surface area contributed by atoms with Crippen LogP contribution in [-0.4, -0.2) is 20.2 Å². The Labute approximate surface area is 120 Å². The van der Waals surface area contributed by atoms with Crippen molar-refractivity contribution >= 4 is 5.69 Å². The lowest BCUT2D eigenvalue weighted by molar-refractivity contribution is 0.414. The van der Waals surface area contributed by atoms with Crippen LogP contribution in [0, 0.1) is 0 Å². The van der Waals surface area contributed by atoms with Gasteiger partial charge in [0.2, 0.25) is 0 Å². The molecule has 1 atom stereocenters. The van der Waals surface area contributed by atoms with Crippen molar-refractivity contribution in [3.05, 3.63) is 59.7 Å². The molecule has 1 unspecified atom stereocenters. The maximum absolute atomic E-state index is 6.04. The maximum atomic E-state index is 6.04. The topological polar surface area (TPSA) is 38.5 Å². The Bertz CT molecular complexity index is 580. The second-order valence-corrected chi connectivity index (χ2v) is 5.10. The van der Waals surface area contributed by atoms with Gasteiger partial charge in [-0.2, -0.15) is 0 Å². The molecule has 2 N–H and O–H groups in total. The van der Waals surface area contributed by atoms with Crippen LogP contribution in [0.15, 0.2) is 48.5 Å². The molecule has 0 aromatic heterocycles. The maximum Gasteiger partial charge on any atom is 0.118 e. The molecule has 104 valence electrons. The van der Waals surface area contributed by atoms with Crippen LogP contribution in [0.2, 0.25) is 0 Å². The molecule has 0 saturated heterocycles. The highest BCUT2D eigenvalue weighted by atomic mass is 16.5. The fourth-order valence-corrected chi connectivity index (χ4v) is 2.96. The molecule has 0 saturated carbocycles. The zero-order valence-electron chi connectivity index (χ0n) is 11.8. The summed E-state index contributed by atoms with van der Waals surface area (Å²) in [5.41, 5.74) is 10.0. The van der Waals surface area contributed by atoms with Crippen LogP contribution in [0.1, 0.15) is 17.2 Å². The van der Waals surface area contributed by atoms with E-state index in [1.54, 1.807) is 7.11 Å². The van der Waals surface area contributed by atoms with Gasteiger partial charge in [-0.05, 0) is 35.7 Å². The van der Waals surface area contributed by atoms with E-state index in [2.05, 4.69) is 41.3 Å². The Morgan fingerprint density at radius 3 is 2.60 bits per heavy atom. The van der Waals surface area contributed by atoms with Crippen LogP contribution in [0.4, 0.5) is 5.69 Å². The number of rotatable bonds is 4. The monoisotopic (exact) mass is 268 g/mol. The van der Waals surface area contributed by atoms with Crippen LogP contribution < -0.4 is 15.4 Å². The molecule has 0 fully saturated rings. The van der Waals surface area contributed by atoms with Crippen molar-refractivity contribution in [1.29, 1.82) is 0 Å². The average Bonchev–Trinajstić information content (AvgIpc) is 2.93. The minimum absolute atomic E-state index is 0.226. The molecule has 0 radical (unpaired) electrons. The van der Waals surface area contributed by atoms with Gasteiger partial charge in [0.25, 0.3) is 0 Å². The Morgan fingerprint density at radius 1 is 1.15 bits per heavy atom. The average molecular weight is 268 g/mol. The number of ether oxygens (including phenoxy) is 1. The molecule has 0 amide bonds. The summed E-state index contributed by atoms with van der Waals surface area (Å²) in [4.78, 5) is 2.41. The van der Waals surface area contributed by atoms with Gasteiger partial charge in [0, 0.05) is 18.8 Å². The zero-order chi connectivity index (χ0) is 13.9. The van der Waals surface area contributed by atoms with E-state index in [0.717, 1.165) is 18.7 Å². The number of fused-ring (bicyclic) bond motifs is 1. The van der Waals surface area contributed by atoms with Crippen molar-refractivity contribution in [2.75, 3.05) is 25.1 Å². The summed E-state index contributed by atoms with van der Waals surface area (Å²) < 4.78 is 5.22. The lowest BCUT2D eigenvalue weighted by Gasteiger charge is -2.30. The fraction of sp³-hybridized carbons (Fsp3) is 0.294. The zero-order valence-corrected chi connectivity index (χ0v) is 11.8. The Kier molecular flexibility index (Phi) is 3.61. The molecule has 1 aliphatic rings. The summed E-state index contributed by atoms with van der Waals surface area (Å²) in [5, 5.41) is 0. The molecule has 0 bridgehead atoms. The van der Waals surface area contributed by atoms with E-state index in [-0.39, 0.29) is 6.04 Å². The van der Waals surface area contributed by atoms with Crippen molar-refractivity contribution in [3.8, 4) is 5.75 Å². The van der Waals surface area contributed by atoms with Crippen LogP contribution in [-0.2, 0) is 6.42 Å². The number of para-hydroxylation sites is 1. The van der Waals surface area contributed by atoms with Crippen LogP contribution >= 0.6 is 0 Å². The van der Waals surface area contributed by atoms with E-state index < -0.39 is 0 Å². The summed E-state index contributed by atoms with van der Waals surface area (Å²) in [6.07, 6.45) is 1.10. The lowest BCUT2D eigenvalue weighted by atomic mass is 10.0. The predicted molar refractivity (Wildman–Crippen MR) is 82.3 cm³/mol. The van der Waals surface area contributed by atoms with Gasteiger partial charge in [0.1, 0.15) is 5.75 Å². The van der Waals surface area contributed by atoms with Crippen molar-refractivity contribution < 1.29 is 4.74 Å². The standard InChI is InChI=1S/C17H20N2O/c1-20-15-8-6-14(7-9-15)17(12-18)19-11-10-13-4-2-3-5-16(13)19/h2-9,17H,10-12,18H2,1H3. The number of hydrogen-bond donors (Lipinski definition) is 1. The second-order valence-electron chi connectivity index (χ2n) is 5.10. The number of nitrogens with zero attached hydrogens (tertiary/aromatic N) is 1. The predicted octanol–water partition coefficient (Wildman–Crippen LogP) is 2.76. The van der Waals surface area contributed by atoms with Gasteiger partial charge < -0.3 is 15.4 Å². The first-order valence-corrected chi connectivity index (χ1v) is 7.02.